The summed E-state index contributed by atoms with van der Waals surface area (Å²) in [4.78, 5) is 17.4. The zero-order chi connectivity index (χ0) is 24.2. The van der Waals surface area contributed by atoms with E-state index in [1.165, 1.54) is 5.56 Å². The van der Waals surface area contributed by atoms with E-state index < -0.39 is 0 Å². The molecule has 0 bridgehead atoms. The van der Waals surface area contributed by atoms with Gasteiger partial charge in [-0.1, -0.05) is 72.3 Å². The number of nitrogens with zero attached hydrogens (tertiary/aromatic N) is 4. The Hall–Kier alpha value is -4.32. The number of rotatable bonds is 7. The topological polar surface area (TPSA) is 72.7 Å². The second-order valence-corrected chi connectivity index (χ2v) is 8.74. The normalized spacial score (nSPS) is 11.9. The van der Waals surface area contributed by atoms with Crippen molar-refractivity contribution in [3.63, 3.8) is 0 Å². The first-order chi connectivity index (χ1) is 17.1. The number of fused-ring (bicyclic) bond motifs is 1. The summed E-state index contributed by atoms with van der Waals surface area (Å²) in [6.07, 6.45) is 6.36. The molecule has 2 heterocycles. The number of amides is 1. The highest BCUT2D eigenvalue weighted by atomic mass is 16.1. The van der Waals surface area contributed by atoms with Crippen LogP contribution >= 0.6 is 0 Å². The number of carbonyl (C=O) groups excluding carboxylic acids is 1. The van der Waals surface area contributed by atoms with Crippen LogP contribution in [0.3, 0.4) is 0 Å². The van der Waals surface area contributed by atoms with Crippen LogP contribution in [0.1, 0.15) is 46.4 Å². The predicted molar refractivity (Wildman–Crippen MR) is 138 cm³/mol. The van der Waals surface area contributed by atoms with Gasteiger partial charge in [-0.15, -0.1) is 5.10 Å². The van der Waals surface area contributed by atoms with Gasteiger partial charge >= 0.3 is 0 Å². The number of hydrogen-bond donors (Lipinski definition) is 1. The van der Waals surface area contributed by atoms with Gasteiger partial charge in [0, 0.05) is 28.9 Å². The van der Waals surface area contributed by atoms with E-state index in [9.17, 15) is 4.79 Å². The fraction of sp³-hybridized carbons (Fsp3) is 0.172. The minimum Gasteiger partial charge on any atom is -0.345 e. The molecule has 6 heteroatoms. The van der Waals surface area contributed by atoms with Crippen LogP contribution in [-0.2, 0) is 6.54 Å². The predicted octanol–water partition coefficient (Wildman–Crippen LogP) is 5.73. The number of nitrogens with one attached hydrogen (secondary N) is 1. The molecular weight excluding hydrogens is 434 g/mol. The fourth-order valence-corrected chi connectivity index (χ4v) is 4.26. The van der Waals surface area contributed by atoms with Crippen LogP contribution in [-0.4, -0.2) is 25.9 Å². The van der Waals surface area contributed by atoms with Gasteiger partial charge < -0.3 is 5.32 Å². The third-order valence-electron chi connectivity index (χ3n) is 6.26. The van der Waals surface area contributed by atoms with Crippen molar-refractivity contribution in [3.05, 3.63) is 114 Å². The maximum absolute atomic E-state index is 13.3. The minimum absolute atomic E-state index is 0.0442. The summed E-state index contributed by atoms with van der Waals surface area (Å²) in [5.41, 5.74) is 5.63. The molecule has 5 aromatic rings. The van der Waals surface area contributed by atoms with Crippen molar-refractivity contribution < 1.29 is 4.79 Å². The average Bonchev–Trinajstić information content (AvgIpc) is 3.36. The van der Waals surface area contributed by atoms with E-state index >= 15 is 0 Å². The van der Waals surface area contributed by atoms with Crippen molar-refractivity contribution in [2.45, 2.75) is 32.9 Å². The molecule has 1 amide bonds. The van der Waals surface area contributed by atoms with Gasteiger partial charge in [0.1, 0.15) is 5.69 Å². The molecule has 35 heavy (non-hydrogen) atoms. The van der Waals surface area contributed by atoms with Gasteiger partial charge in [-0.2, -0.15) is 0 Å². The van der Waals surface area contributed by atoms with Gasteiger partial charge in [0.2, 0.25) is 0 Å². The molecule has 0 spiro atoms. The molecule has 174 valence electrons. The second-order valence-electron chi connectivity index (χ2n) is 8.74. The lowest BCUT2D eigenvalue weighted by Crippen LogP contribution is -2.29. The number of carbonyl (C=O) groups is 1. The van der Waals surface area contributed by atoms with E-state index in [2.05, 4.69) is 64.8 Å². The Labute approximate surface area is 204 Å². The van der Waals surface area contributed by atoms with Gasteiger partial charge in [-0.3, -0.25) is 9.78 Å². The Bertz CT molecular complexity index is 1470. The monoisotopic (exact) mass is 461 g/mol. The number of pyridine rings is 1. The molecule has 1 unspecified atom stereocenters. The number of aromatic nitrogens is 4. The Morgan fingerprint density at radius 3 is 2.66 bits per heavy atom. The molecule has 0 fully saturated rings. The van der Waals surface area contributed by atoms with Crippen LogP contribution < -0.4 is 5.32 Å². The van der Waals surface area contributed by atoms with E-state index in [4.69, 9.17) is 0 Å². The lowest BCUT2D eigenvalue weighted by molar-refractivity contribution is 0.0934. The molecule has 2 aromatic heterocycles. The summed E-state index contributed by atoms with van der Waals surface area (Å²) in [5.74, 6) is -0.0866. The SMILES string of the molecule is CCC(NC(=O)c1ccccc1Cn1cc(-c2ccc3cnccc3c2)nn1)c1ccc(C)cc1. The van der Waals surface area contributed by atoms with Crippen molar-refractivity contribution in [3.8, 4) is 11.3 Å². The Kier molecular flexibility index (Phi) is 6.35. The zero-order valence-corrected chi connectivity index (χ0v) is 19.8. The molecule has 1 atom stereocenters. The molecule has 1 N–H and O–H groups in total. The van der Waals surface area contributed by atoms with Gasteiger partial charge in [-0.25, -0.2) is 4.68 Å². The number of aryl methyl sites for hydroxylation is 1. The van der Waals surface area contributed by atoms with Crippen molar-refractivity contribution in [2.75, 3.05) is 0 Å². The number of hydrogen-bond acceptors (Lipinski definition) is 4. The van der Waals surface area contributed by atoms with Crippen LogP contribution in [0.2, 0.25) is 0 Å². The van der Waals surface area contributed by atoms with Gasteiger partial charge in [0.25, 0.3) is 5.91 Å². The van der Waals surface area contributed by atoms with Crippen LogP contribution in [0.4, 0.5) is 0 Å². The van der Waals surface area contributed by atoms with E-state index in [1.807, 2.05) is 54.9 Å². The summed E-state index contributed by atoms with van der Waals surface area (Å²) in [6.45, 7) is 4.60. The van der Waals surface area contributed by atoms with Gasteiger partial charge in [0.05, 0.1) is 18.8 Å². The molecule has 0 aliphatic carbocycles. The van der Waals surface area contributed by atoms with Crippen molar-refractivity contribution >= 4 is 16.7 Å². The highest BCUT2D eigenvalue weighted by Gasteiger charge is 2.17. The van der Waals surface area contributed by atoms with Crippen molar-refractivity contribution in [1.82, 2.24) is 25.3 Å². The van der Waals surface area contributed by atoms with E-state index in [0.29, 0.717) is 12.1 Å². The van der Waals surface area contributed by atoms with Crippen LogP contribution in [0.5, 0.6) is 0 Å². The standard InChI is InChI=1S/C29H27N5O/c1-3-27(21-10-8-20(2)9-11-21)31-29(35)26-7-5-4-6-25(26)18-34-19-28(32-33-34)23-12-13-24-17-30-15-14-22(24)16-23/h4-17,19,27H,3,18H2,1-2H3,(H,31,35). The molecule has 0 radical (unpaired) electrons. The minimum atomic E-state index is -0.0866. The first-order valence-electron chi connectivity index (χ1n) is 11.8. The van der Waals surface area contributed by atoms with Gasteiger partial charge in [-0.05, 0) is 48.1 Å². The summed E-state index contributed by atoms with van der Waals surface area (Å²) < 4.78 is 1.77. The quantitative estimate of drug-likeness (QED) is 0.336. The summed E-state index contributed by atoms with van der Waals surface area (Å²) in [5, 5.41) is 14.1. The lowest BCUT2D eigenvalue weighted by Gasteiger charge is -2.19. The van der Waals surface area contributed by atoms with Crippen molar-refractivity contribution in [1.29, 1.82) is 0 Å². The summed E-state index contributed by atoms with van der Waals surface area (Å²) in [7, 11) is 0. The third-order valence-corrected chi connectivity index (χ3v) is 6.26. The van der Waals surface area contributed by atoms with Crippen molar-refractivity contribution in [2.24, 2.45) is 0 Å². The number of benzene rings is 3. The van der Waals surface area contributed by atoms with E-state index in [-0.39, 0.29) is 11.9 Å². The van der Waals surface area contributed by atoms with Crippen LogP contribution in [0.25, 0.3) is 22.0 Å². The van der Waals surface area contributed by atoms with E-state index in [0.717, 1.165) is 39.6 Å². The molecule has 0 saturated carbocycles. The molecule has 0 saturated heterocycles. The second kappa shape index (κ2) is 9.89. The molecular formula is C29H27N5O. The van der Waals surface area contributed by atoms with E-state index in [1.54, 1.807) is 10.9 Å². The summed E-state index contributed by atoms with van der Waals surface area (Å²) >= 11 is 0. The molecule has 3 aromatic carbocycles. The molecule has 0 aliphatic heterocycles. The first-order valence-corrected chi connectivity index (χ1v) is 11.8. The maximum atomic E-state index is 13.3. The molecule has 5 rings (SSSR count). The third kappa shape index (κ3) is 4.96. The first kappa shape index (κ1) is 22.5. The lowest BCUT2D eigenvalue weighted by atomic mass is 10.0. The Morgan fingerprint density at radius 1 is 1.00 bits per heavy atom. The molecule has 6 nitrogen and oxygen atoms in total. The Balaban J connectivity index is 1.35. The largest absolute Gasteiger partial charge is 0.345 e. The fourth-order valence-electron chi connectivity index (χ4n) is 4.26. The maximum Gasteiger partial charge on any atom is 0.252 e. The summed E-state index contributed by atoms with van der Waals surface area (Å²) in [6, 6.07) is 24.1. The zero-order valence-electron chi connectivity index (χ0n) is 19.8. The molecule has 0 aliphatic rings. The van der Waals surface area contributed by atoms with Crippen LogP contribution in [0, 0.1) is 6.92 Å². The smallest absolute Gasteiger partial charge is 0.252 e. The highest BCUT2D eigenvalue weighted by molar-refractivity contribution is 5.96. The van der Waals surface area contributed by atoms with Crippen LogP contribution in [0.15, 0.2) is 91.4 Å². The highest BCUT2D eigenvalue weighted by Crippen LogP contribution is 2.23. The Morgan fingerprint density at radius 2 is 1.83 bits per heavy atom. The average molecular weight is 462 g/mol. The van der Waals surface area contributed by atoms with Gasteiger partial charge in [0.15, 0.2) is 0 Å².